The van der Waals surface area contributed by atoms with Gasteiger partial charge in [-0.3, -0.25) is 0 Å². The summed E-state index contributed by atoms with van der Waals surface area (Å²) in [6.45, 7) is 0. The average Bonchev–Trinajstić information content (AvgIpc) is 3.93. The fourth-order valence-electron chi connectivity index (χ4n) is 8.39. The number of benzene rings is 8. The molecule has 0 amide bonds. The predicted molar refractivity (Wildman–Crippen MR) is 228 cm³/mol. The molecular formula is C49H28N4OS. The zero-order chi connectivity index (χ0) is 36.0. The maximum atomic E-state index is 6.72. The van der Waals surface area contributed by atoms with Crippen molar-refractivity contribution < 1.29 is 4.42 Å². The van der Waals surface area contributed by atoms with Crippen LogP contribution in [0.4, 0.5) is 0 Å². The highest BCUT2D eigenvalue weighted by Crippen LogP contribution is 2.44. The molecule has 5 nitrogen and oxygen atoms in total. The van der Waals surface area contributed by atoms with E-state index in [1.807, 2.05) is 53.8 Å². The second-order valence-electron chi connectivity index (χ2n) is 13.9. The van der Waals surface area contributed by atoms with Crippen LogP contribution in [-0.4, -0.2) is 19.5 Å². The van der Waals surface area contributed by atoms with Gasteiger partial charge in [-0.05, 0) is 41.1 Å². The molecule has 0 fully saturated rings. The quantitative estimate of drug-likeness (QED) is 0.182. The summed E-state index contributed by atoms with van der Waals surface area (Å²) < 4.78 is 11.7. The summed E-state index contributed by atoms with van der Waals surface area (Å²) in [5, 5.41) is 9.27. The van der Waals surface area contributed by atoms with E-state index in [2.05, 4.69) is 132 Å². The first-order chi connectivity index (χ1) is 27.3. The molecule has 0 aliphatic carbocycles. The van der Waals surface area contributed by atoms with E-state index in [0.717, 1.165) is 60.6 Å². The molecule has 0 saturated heterocycles. The van der Waals surface area contributed by atoms with Crippen LogP contribution in [0.2, 0.25) is 0 Å². The average molecular weight is 721 g/mol. The van der Waals surface area contributed by atoms with Crippen molar-refractivity contribution in [3.8, 4) is 39.9 Å². The van der Waals surface area contributed by atoms with E-state index in [1.54, 1.807) is 0 Å². The summed E-state index contributed by atoms with van der Waals surface area (Å²) in [5.41, 5.74) is 7.82. The van der Waals surface area contributed by atoms with Gasteiger partial charge in [-0.15, -0.1) is 11.3 Å². The summed E-state index contributed by atoms with van der Waals surface area (Å²) in [5.74, 6) is 1.86. The Balaban J connectivity index is 1.09. The Kier molecular flexibility index (Phi) is 6.44. The van der Waals surface area contributed by atoms with E-state index in [-0.39, 0.29) is 0 Å². The Morgan fingerprint density at radius 2 is 1.13 bits per heavy atom. The molecule has 12 rings (SSSR count). The minimum atomic E-state index is 0.601. The molecule has 8 aromatic carbocycles. The van der Waals surface area contributed by atoms with Gasteiger partial charge < -0.3 is 8.98 Å². The maximum Gasteiger partial charge on any atom is 0.164 e. The lowest BCUT2D eigenvalue weighted by molar-refractivity contribution is 0.668. The highest BCUT2D eigenvalue weighted by molar-refractivity contribution is 7.26. The monoisotopic (exact) mass is 720 g/mol. The minimum Gasteiger partial charge on any atom is -0.456 e. The Bertz CT molecular complexity index is 3500. The van der Waals surface area contributed by atoms with E-state index < -0.39 is 0 Å². The van der Waals surface area contributed by atoms with Gasteiger partial charge in [-0.25, -0.2) is 15.0 Å². The van der Waals surface area contributed by atoms with Gasteiger partial charge in [-0.1, -0.05) is 133 Å². The first-order valence-electron chi connectivity index (χ1n) is 18.4. The highest BCUT2D eigenvalue weighted by atomic mass is 32.1. The van der Waals surface area contributed by atoms with Gasteiger partial charge >= 0.3 is 0 Å². The number of thiophene rings is 1. The van der Waals surface area contributed by atoms with Crippen molar-refractivity contribution in [2.75, 3.05) is 0 Å². The van der Waals surface area contributed by atoms with Gasteiger partial charge in [0.05, 0.1) is 15.7 Å². The van der Waals surface area contributed by atoms with Crippen molar-refractivity contribution in [2.24, 2.45) is 0 Å². The largest absolute Gasteiger partial charge is 0.456 e. The van der Waals surface area contributed by atoms with Crippen molar-refractivity contribution in [3.05, 3.63) is 170 Å². The molecule has 55 heavy (non-hydrogen) atoms. The van der Waals surface area contributed by atoms with Crippen LogP contribution in [0.25, 0.3) is 115 Å². The molecule has 4 heterocycles. The third-order valence-corrected chi connectivity index (χ3v) is 12.1. The van der Waals surface area contributed by atoms with Crippen molar-refractivity contribution in [3.63, 3.8) is 0 Å². The van der Waals surface area contributed by atoms with E-state index in [9.17, 15) is 0 Å². The molecule has 0 radical (unpaired) electrons. The topological polar surface area (TPSA) is 56.7 Å². The molecule has 12 aromatic rings. The van der Waals surface area contributed by atoms with Crippen molar-refractivity contribution in [1.29, 1.82) is 0 Å². The molecule has 0 unspecified atom stereocenters. The molecule has 0 N–H and O–H groups in total. The standard InChI is InChI=1S/C49H28N4OS/c1-2-13-30(14-3-1)47-50-48(37-19-10-15-29-12-4-5-16-32(29)37)52-49(51-47)39-20-11-22-41-44(39)38-25-24-31(28-42(38)54-41)53-40-21-8-6-17-33(40)35-26-27-36-34-18-7-9-23-43(34)55-46(36)45(35)53/h1-28H. The van der Waals surface area contributed by atoms with Gasteiger partial charge in [0.25, 0.3) is 0 Å². The number of furan rings is 1. The Morgan fingerprint density at radius 1 is 0.455 bits per heavy atom. The van der Waals surface area contributed by atoms with Crippen molar-refractivity contribution in [1.82, 2.24) is 19.5 Å². The molecule has 0 aliphatic heterocycles. The Hall–Kier alpha value is -7.15. The summed E-state index contributed by atoms with van der Waals surface area (Å²) in [4.78, 5) is 15.4. The number of rotatable bonds is 4. The first-order valence-corrected chi connectivity index (χ1v) is 19.2. The SMILES string of the molecule is c1ccc(-c2nc(-c3cccc4ccccc34)nc(-c3cccc4oc5cc(-n6c7ccccc7c7ccc8c9ccccc9sc8c76)ccc5c34)n2)cc1. The van der Waals surface area contributed by atoms with Crippen LogP contribution in [0, 0.1) is 0 Å². The summed E-state index contributed by atoms with van der Waals surface area (Å²) in [7, 11) is 0. The number of fused-ring (bicyclic) bond motifs is 11. The van der Waals surface area contributed by atoms with E-state index >= 15 is 0 Å². The molecule has 6 heteroatoms. The van der Waals surface area contributed by atoms with Gasteiger partial charge in [-0.2, -0.15) is 0 Å². The van der Waals surface area contributed by atoms with Crippen LogP contribution in [-0.2, 0) is 0 Å². The molecule has 0 saturated carbocycles. The van der Waals surface area contributed by atoms with Crippen LogP contribution < -0.4 is 0 Å². The van der Waals surface area contributed by atoms with Crippen LogP contribution in [0.5, 0.6) is 0 Å². The van der Waals surface area contributed by atoms with E-state index in [0.29, 0.717) is 17.5 Å². The maximum absolute atomic E-state index is 6.72. The normalized spacial score (nSPS) is 12.0. The van der Waals surface area contributed by atoms with E-state index in [1.165, 1.54) is 36.5 Å². The van der Waals surface area contributed by atoms with Crippen LogP contribution >= 0.6 is 11.3 Å². The second-order valence-corrected chi connectivity index (χ2v) is 15.0. The zero-order valence-corrected chi connectivity index (χ0v) is 30.1. The number of aromatic nitrogens is 4. The summed E-state index contributed by atoms with van der Waals surface area (Å²) >= 11 is 1.86. The van der Waals surface area contributed by atoms with Gasteiger partial charge in [0.2, 0.25) is 0 Å². The molecule has 256 valence electrons. The zero-order valence-electron chi connectivity index (χ0n) is 29.3. The number of hydrogen-bond acceptors (Lipinski definition) is 5. The molecular weight excluding hydrogens is 693 g/mol. The van der Waals surface area contributed by atoms with Gasteiger partial charge in [0.15, 0.2) is 17.5 Å². The summed E-state index contributed by atoms with van der Waals surface area (Å²) in [6, 6.07) is 59.5. The smallest absolute Gasteiger partial charge is 0.164 e. The lowest BCUT2D eigenvalue weighted by Gasteiger charge is -2.11. The molecule has 0 aliphatic rings. The predicted octanol–water partition coefficient (Wildman–Crippen LogP) is 13.4. The Labute approximate surface area is 318 Å². The van der Waals surface area contributed by atoms with Crippen molar-refractivity contribution in [2.45, 2.75) is 0 Å². The molecule has 0 spiro atoms. The van der Waals surface area contributed by atoms with Crippen LogP contribution in [0.3, 0.4) is 0 Å². The second kappa shape index (κ2) is 11.7. The lowest BCUT2D eigenvalue weighted by atomic mass is 10.0. The van der Waals surface area contributed by atoms with Crippen LogP contribution in [0.1, 0.15) is 0 Å². The fraction of sp³-hybridized carbons (Fsp3) is 0. The lowest BCUT2D eigenvalue weighted by Crippen LogP contribution is -2.00. The first kappa shape index (κ1) is 30.3. The van der Waals surface area contributed by atoms with Gasteiger partial charge in [0.1, 0.15) is 11.2 Å². The van der Waals surface area contributed by atoms with Crippen LogP contribution in [0.15, 0.2) is 174 Å². The third-order valence-electron chi connectivity index (χ3n) is 10.9. The number of para-hydroxylation sites is 1. The van der Waals surface area contributed by atoms with Gasteiger partial charge in [0, 0.05) is 65.5 Å². The number of hydrogen-bond donors (Lipinski definition) is 0. The minimum absolute atomic E-state index is 0.601. The molecule has 4 aromatic heterocycles. The highest BCUT2D eigenvalue weighted by Gasteiger charge is 2.21. The molecule has 0 atom stereocenters. The third kappa shape index (κ3) is 4.55. The van der Waals surface area contributed by atoms with Crippen molar-refractivity contribution >= 4 is 86.0 Å². The molecule has 0 bridgehead atoms. The van der Waals surface area contributed by atoms with E-state index in [4.69, 9.17) is 19.4 Å². The Morgan fingerprint density at radius 3 is 2.04 bits per heavy atom. The fourth-order valence-corrected chi connectivity index (χ4v) is 9.63. The number of nitrogens with zero attached hydrogens (tertiary/aromatic N) is 4. The summed E-state index contributed by atoms with van der Waals surface area (Å²) in [6.07, 6.45) is 0.